The Hall–Kier alpha value is -6.59. The zero-order chi connectivity index (χ0) is 47.0. The first-order valence-corrected chi connectivity index (χ1v) is 20.7. The predicted octanol–water partition coefficient (Wildman–Crippen LogP) is 11.6. The SMILES string of the molecule is C.CC.CC.CCCC(C)(C)c1cn2cc(NC(=O)c3cccc(C(F)F)n3)c(OCC)cc2n1.CCOc1cc2nc(C(=O)N(C)C)cn2cc1NC(=O)c1cccc(C(F)F)n1.[HH].[HH]. The summed E-state index contributed by atoms with van der Waals surface area (Å²) in [4.78, 5) is 55.1. The number of ether oxygens (including phenoxy) is 2. The highest BCUT2D eigenvalue weighted by molar-refractivity contribution is 6.04. The fraction of sp³-hybridized carbons (Fsp3) is 0.413. The molecule has 0 aliphatic heterocycles. The van der Waals surface area contributed by atoms with E-state index in [-0.39, 0.29) is 44.4 Å². The molecule has 18 heteroatoms. The maximum absolute atomic E-state index is 12.9. The van der Waals surface area contributed by atoms with Gasteiger partial charge in [-0.05, 0) is 44.5 Å². The van der Waals surface area contributed by atoms with Crippen LogP contribution in [0.25, 0.3) is 11.3 Å². The monoisotopic (exact) mass is 900 g/mol. The molecule has 6 aromatic heterocycles. The molecule has 0 bridgehead atoms. The van der Waals surface area contributed by atoms with Crippen molar-refractivity contribution in [3.05, 3.63) is 107 Å². The van der Waals surface area contributed by atoms with Gasteiger partial charge in [0.15, 0.2) is 0 Å². The fourth-order valence-corrected chi connectivity index (χ4v) is 5.95. The van der Waals surface area contributed by atoms with E-state index in [1.165, 1.54) is 47.6 Å². The number of fused-ring (bicyclic) bond motifs is 2. The summed E-state index contributed by atoms with van der Waals surface area (Å²) in [7, 11) is 3.23. The van der Waals surface area contributed by atoms with Crippen molar-refractivity contribution in [3.8, 4) is 11.5 Å². The van der Waals surface area contributed by atoms with Crippen molar-refractivity contribution >= 4 is 40.4 Å². The number of hydrogen-bond acceptors (Lipinski definition) is 9. The zero-order valence-electron chi connectivity index (χ0n) is 37.6. The van der Waals surface area contributed by atoms with Gasteiger partial charge in [0.1, 0.15) is 62.6 Å². The average Bonchev–Trinajstić information content (AvgIpc) is 3.89. The number of nitrogens with zero attached hydrogens (tertiary/aromatic N) is 7. The number of carbonyl (C=O) groups excluding carboxylic acids is 3. The molecule has 0 fully saturated rings. The van der Waals surface area contributed by atoms with Gasteiger partial charge in [0.05, 0.1) is 18.9 Å². The Balaban J connectivity index is 0.00000114. The number of halogens is 4. The van der Waals surface area contributed by atoms with E-state index in [1.54, 1.807) is 43.7 Å². The molecule has 6 rings (SSSR count). The lowest BCUT2D eigenvalue weighted by Crippen LogP contribution is -2.21. The Morgan fingerprint density at radius 2 is 1.12 bits per heavy atom. The molecule has 6 aromatic rings. The molecule has 0 aliphatic rings. The minimum atomic E-state index is -2.78. The van der Waals surface area contributed by atoms with Crippen molar-refractivity contribution in [1.29, 1.82) is 0 Å². The summed E-state index contributed by atoms with van der Waals surface area (Å²) >= 11 is 0. The second-order valence-corrected chi connectivity index (χ2v) is 14.0. The predicted molar refractivity (Wildman–Crippen MR) is 247 cm³/mol. The maximum Gasteiger partial charge on any atom is 0.280 e. The van der Waals surface area contributed by atoms with Gasteiger partial charge in [-0.25, -0.2) is 37.5 Å². The number of hydrogen-bond donors (Lipinski definition) is 2. The van der Waals surface area contributed by atoms with Gasteiger partial charge in [-0.1, -0.05) is 74.4 Å². The molecule has 0 radical (unpaired) electrons. The highest BCUT2D eigenvalue weighted by Gasteiger charge is 2.24. The molecule has 0 aromatic carbocycles. The molecule has 0 spiro atoms. The smallest absolute Gasteiger partial charge is 0.280 e. The van der Waals surface area contributed by atoms with Crippen LogP contribution in [-0.4, -0.2) is 78.7 Å². The minimum Gasteiger partial charge on any atom is -0.491 e. The van der Waals surface area contributed by atoms with Crippen LogP contribution in [0, 0.1) is 0 Å². The molecule has 6 heterocycles. The van der Waals surface area contributed by atoms with Crippen molar-refractivity contribution in [2.45, 2.75) is 101 Å². The van der Waals surface area contributed by atoms with Crippen LogP contribution in [0.4, 0.5) is 28.9 Å². The Kier molecular flexibility index (Phi) is 20.8. The zero-order valence-corrected chi connectivity index (χ0v) is 37.6. The summed E-state index contributed by atoms with van der Waals surface area (Å²) in [6.45, 7) is 18.8. The maximum atomic E-state index is 12.9. The van der Waals surface area contributed by atoms with Crippen LogP contribution < -0.4 is 20.1 Å². The van der Waals surface area contributed by atoms with Gasteiger partial charge in [-0.2, -0.15) is 0 Å². The summed E-state index contributed by atoms with van der Waals surface area (Å²) < 4.78 is 66.1. The van der Waals surface area contributed by atoms with Gasteiger partial charge in [0.2, 0.25) is 0 Å². The number of amides is 3. The third-order valence-electron chi connectivity index (χ3n) is 8.85. The summed E-state index contributed by atoms with van der Waals surface area (Å²) in [5.41, 5.74) is 1.77. The first kappa shape index (κ1) is 53.5. The van der Waals surface area contributed by atoms with Crippen LogP contribution in [0.3, 0.4) is 0 Å². The largest absolute Gasteiger partial charge is 0.491 e. The number of alkyl halides is 4. The summed E-state index contributed by atoms with van der Waals surface area (Å²) in [5.74, 6) is -0.756. The van der Waals surface area contributed by atoms with Gasteiger partial charge < -0.3 is 33.8 Å². The van der Waals surface area contributed by atoms with Crippen LogP contribution in [0.15, 0.2) is 73.3 Å². The fourth-order valence-electron chi connectivity index (χ4n) is 5.95. The molecule has 352 valence electrons. The minimum absolute atomic E-state index is 0. The Morgan fingerprint density at radius 3 is 1.53 bits per heavy atom. The first-order valence-electron chi connectivity index (χ1n) is 20.7. The number of anilines is 2. The van der Waals surface area contributed by atoms with Crippen molar-refractivity contribution in [2.75, 3.05) is 37.9 Å². The molecule has 0 saturated heterocycles. The quantitative estimate of drug-likeness (QED) is 0.102. The summed E-state index contributed by atoms with van der Waals surface area (Å²) in [6, 6.07) is 11.1. The molecule has 0 saturated carbocycles. The van der Waals surface area contributed by atoms with E-state index in [9.17, 15) is 31.9 Å². The molecule has 64 heavy (non-hydrogen) atoms. The molecule has 0 aliphatic carbocycles. The number of nitrogens with one attached hydrogen (secondary N) is 2. The molecule has 0 unspecified atom stereocenters. The highest BCUT2D eigenvalue weighted by atomic mass is 19.3. The van der Waals surface area contributed by atoms with Crippen LogP contribution in [-0.2, 0) is 5.41 Å². The van der Waals surface area contributed by atoms with E-state index >= 15 is 0 Å². The van der Waals surface area contributed by atoms with Crippen molar-refractivity contribution in [1.82, 2.24) is 33.6 Å². The van der Waals surface area contributed by atoms with Crippen LogP contribution in [0.5, 0.6) is 11.5 Å². The Bertz CT molecular complexity index is 2460. The molecule has 3 amide bonds. The first-order chi connectivity index (χ1) is 30.0. The van der Waals surface area contributed by atoms with E-state index in [0.29, 0.717) is 41.7 Å². The third-order valence-corrected chi connectivity index (χ3v) is 8.85. The normalized spacial score (nSPS) is 10.7. The van der Waals surface area contributed by atoms with Crippen LogP contribution in [0.2, 0.25) is 0 Å². The van der Waals surface area contributed by atoms with Crippen LogP contribution >= 0.6 is 0 Å². The van der Waals surface area contributed by atoms with E-state index in [0.717, 1.165) is 24.6 Å². The number of rotatable bonds is 14. The lowest BCUT2D eigenvalue weighted by atomic mass is 9.85. The number of imidazole rings is 2. The van der Waals surface area contributed by atoms with Crippen LogP contribution in [0.1, 0.15) is 147 Å². The molecular weight excluding hydrogens is 835 g/mol. The van der Waals surface area contributed by atoms with E-state index < -0.39 is 36.1 Å². The lowest BCUT2D eigenvalue weighted by Gasteiger charge is -2.20. The second kappa shape index (κ2) is 24.9. The molecule has 14 nitrogen and oxygen atoms in total. The van der Waals surface area contributed by atoms with E-state index in [1.807, 2.05) is 45.2 Å². The number of aromatic nitrogens is 6. The van der Waals surface area contributed by atoms with Gasteiger partial charge in [-0.15, -0.1) is 0 Å². The lowest BCUT2D eigenvalue weighted by molar-refractivity contribution is 0.0822. The number of carbonyl (C=O) groups is 3. The standard InChI is InChI=1S/C22H26F2N4O2.C19H19F2N5O3.2C2H6.CH4.2H2/c1-5-10-22(3,4)18-13-28-12-16(17(30-6-2)11-19(28)27-18)26-21(29)15-9-7-8-14(25-15)20(23)24;1-4-29-15-8-16-23-14(19(28)25(2)3)10-26(16)9-13(15)24-18(27)12-7-5-6-11(22-12)17(20)21;2*1-2;;;/h7-9,11-13,20H,5-6,10H2,1-4H3,(H,26,29);5-10,17H,4H2,1-3H3,(H,24,27);2*1-2H3;1H4;2*1H. The van der Waals surface area contributed by atoms with E-state index in [2.05, 4.69) is 46.4 Å². The highest BCUT2D eigenvalue weighted by Crippen LogP contribution is 2.32. The third kappa shape index (κ3) is 13.7. The second-order valence-electron chi connectivity index (χ2n) is 14.0. The van der Waals surface area contributed by atoms with Gasteiger partial charge in [0, 0.05) is 59.3 Å². The Labute approximate surface area is 375 Å². The van der Waals surface area contributed by atoms with Gasteiger partial charge in [0.25, 0.3) is 30.6 Å². The van der Waals surface area contributed by atoms with Gasteiger partial charge >= 0.3 is 0 Å². The van der Waals surface area contributed by atoms with Crippen molar-refractivity contribution in [3.63, 3.8) is 0 Å². The molecule has 0 atom stereocenters. The summed E-state index contributed by atoms with van der Waals surface area (Å²) in [5, 5.41) is 5.34. The number of pyridine rings is 4. The topological polar surface area (TPSA) is 157 Å². The summed E-state index contributed by atoms with van der Waals surface area (Å²) in [6.07, 6.45) is 3.22. The Morgan fingerprint density at radius 1 is 0.688 bits per heavy atom. The van der Waals surface area contributed by atoms with Gasteiger partial charge in [-0.3, -0.25) is 14.4 Å². The van der Waals surface area contributed by atoms with Crippen molar-refractivity contribution < 1.29 is 44.3 Å². The molecular formula is C46H65F4N9O5. The molecule has 2 N–H and O–H groups in total. The van der Waals surface area contributed by atoms with E-state index in [4.69, 9.17) is 14.5 Å². The van der Waals surface area contributed by atoms with Crippen molar-refractivity contribution in [2.24, 2.45) is 0 Å². The average molecular weight is 900 g/mol.